The van der Waals surface area contributed by atoms with Gasteiger partial charge in [-0.05, 0) is 68.1 Å². The Labute approximate surface area is 184 Å². The van der Waals surface area contributed by atoms with Crippen molar-refractivity contribution in [2.45, 2.75) is 71.3 Å². The fourth-order valence-corrected chi connectivity index (χ4v) is 7.16. The molecule has 0 saturated heterocycles. The van der Waals surface area contributed by atoms with Crippen molar-refractivity contribution in [2.24, 2.45) is 28.6 Å². The van der Waals surface area contributed by atoms with Gasteiger partial charge in [-0.15, -0.1) is 0 Å². The van der Waals surface area contributed by atoms with Crippen LogP contribution in [0, 0.1) is 28.6 Å². The molecule has 0 amide bonds. The van der Waals surface area contributed by atoms with E-state index in [0.29, 0.717) is 36.4 Å². The first kappa shape index (κ1) is 23.5. The van der Waals surface area contributed by atoms with E-state index in [4.69, 9.17) is 8.74 Å². The first-order chi connectivity index (χ1) is 11.6. The van der Waals surface area contributed by atoms with Crippen LogP contribution in [0.1, 0.15) is 65.2 Å². The van der Waals surface area contributed by atoms with Crippen molar-refractivity contribution in [1.29, 1.82) is 0 Å². The predicted molar refractivity (Wildman–Crippen MR) is 96.7 cm³/mol. The quantitative estimate of drug-likeness (QED) is 0.388. The molecule has 148 valence electrons. The maximum Gasteiger partial charge on any atom is 1.00 e. The third kappa shape index (κ3) is 3.86. The Morgan fingerprint density at radius 1 is 1.11 bits per heavy atom. The fourth-order valence-electron chi connectivity index (χ4n) is 6.65. The van der Waals surface area contributed by atoms with Crippen molar-refractivity contribution < 1.29 is 57.0 Å². The first-order valence-corrected chi connectivity index (χ1v) is 10.9. The van der Waals surface area contributed by atoms with Crippen molar-refractivity contribution in [2.75, 3.05) is 0 Å². The van der Waals surface area contributed by atoms with Gasteiger partial charge >= 0.3 is 40.0 Å². The molecule has 4 aliphatic rings. The zero-order valence-corrected chi connectivity index (χ0v) is 19.3. The standard InChI is InChI=1S/C19H28O5S.Na.H2O/c1-18-9-7-13(24-25(21,22)23)11-12(18)3-4-14-15-5-6-17(20)19(15,2)10-8-16(14)18;;/h3,13-16H,4-11H2,1-2H3,(H,21,22,23);;1H2/q;+1;/t13?,14?,15?,16?,18-,19-;;/m0../s1. The van der Waals surface area contributed by atoms with Gasteiger partial charge in [0.1, 0.15) is 5.78 Å². The Bertz CT molecular complexity index is 734. The average Bonchev–Trinajstić information content (AvgIpc) is 2.82. The number of allylic oxidation sites excluding steroid dienone is 1. The van der Waals surface area contributed by atoms with Crippen LogP contribution in [-0.4, -0.2) is 30.3 Å². The number of carbonyl (C=O) groups excluding carboxylic acids is 1. The molecule has 0 aromatic heterocycles. The zero-order valence-electron chi connectivity index (χ0n) is 16.5. The van der Waals surface area contributed by atoms with Crippen molar-refractivity contribution in [3.63, 3.8) is 0 Å². The fraction of sp³-hybridized carbons (Fsp3) is 0.842. The molecule has 4 rings (SSSR count). The third-order valence-electron chi connectivity index (χ3n) is 8.03. The molecule has 4 aliphatic carbocycles. The van der Waals surface area contributed by atoms with Gasteiger partial charge in [0.15, 0.2) is 0 Å². The van der Waals surface area contributed by atoms with Crippen LogP contribution in [0.3, 0.4) is 0 Å². The van der Waals surface area contributed by atoms with E-state index in [1.807, 2.05) is 0 Å². The van der Waals surface area contributed by atoms with Crippen LogP contribution in [0.5, 0.6) is 0 Å². The summed E-state index contributed by atoms with van der Waals surface area (Å²) in [7, 11) is -4.40. The van der Waals surface area contributed by atoms with Crippen LogP contribution in [-0.2, 0) is 19.4 Å². The SMILES string of the molecule is C[C@]12CCC(OS(=O)(=O)O)CC1=CCC1C2CC[C@]2(C)C(=O)CCC12.O.[Na+]. The summed E-state index contributed by atoms with van der Waals surface area (Å²) in [6.07, 6.45) is 8.79. The molecule has 8 heteroatoms. The van der Waals surface area contributed by atoms with Crippen molar-refractivity contribution in [1.82, 2.24) is 0 Å². The largest absolute Gasteiger partial charge is 1.00 e. The average molecular weight is 410 g/mol. The van der Waals surface area contributed by atoms with E-state index in [-0.39, 0.29) is 45.9 Å². The molecule has 4 unspecified atom stereocenters. The van der Waals surface area contributed by atoms with Crippen LogP contribution in [0.4, 0.5) is 0 Å². The van der Waals surface area contributed by atoms with Gasteiger partial charge in [0.05, 0.1) is 6.10 Å². The molecule has 0 aliphatic heterocycles. The van der Waals surface area contributed by atoms with Gasteiger partial charge in [-0.1, -0.05) is 25.5 Å². The topological polar surface area (TPSA) is 112 Å². The van der Waals surface area contributed by atoms with Crippen molar-refractivity contribution in [3.8, 4) is 0 Å². The molecule has 3 saturated carbocycles. The third-order valence-corrected chi connectivity index (χ3v) is 8.54. The van der Waals surface area contributed by atoms with Crippen LogP contribution >= 0.6 is 0 Å². The molecule has 3 N–H and O–H groups in total. The molecule has 0 heterocycles. The van der Waals surface area contributed by atoms with Crippen LogP contribution in [0.2, 0.25) is 0 Å². The molecule has 3 fully saturated rings. The smallest absolute Gasteiger partial charge is 0.412 e. The van der Waals surface area contributed by atoms with Crippen molar-refractivity contribution >= 4 is 16.2 Å². The summed E-state index contributed by atoms with van der Waals surface area (Å²) < 4.78 is 35.9. The minimum absolute atomic E-state index is 0. The number of rotatable bonds is 2. The van der Waals surface area contributed by atoms with E-state index in [1.54, 1.807) is 0 Å². The Hall–Kier alpha value is 0.240. The van der Waals surface area contributed by atoms with Crippen LogP contribution < -0.4 is 29.6 Å². The minimum Gasteiger partial charge on any atom is -0.412 e. The predicted octanol–water partition coefficient (Wildman–Crippen LogP) is -0.114. The summed E-state index contributed by atoms with van der Waals surface area (Å²) in [4.78, 5) is 12.4. The van der Waals surface area contributed by atoms with Gasteiger partial charge in [0.2, 0.25) is 0 Å². The second-order valence-electron chi connectivity index (χ2n) is 9.07. The molecule has 0 bridgehead atoms. The van der Waals surface area contributed by atoms with Gasteiger partial charge in [0, 0.05) is 11.8 Å². The van der Waals surface area contributed by atoms with Gasteiger partial charge in [-0.2, -0.15) is 8.42 Å². The summed E-state index contributed by atoms with van der Waals surface area (Å²) in [5, 5.41) is 0. The summed E-state index contributed by atoms with van der Waals surface area (Å²) in [6.45, 7) is 4.50. The van der Waals surface area contributed by atoms with E-state index in [9.17, 15) is 13.2 Å². The molecule has 27 heavy (non-hydrogen) atoms. The normalized spacial score (nSPS) is 43.4. The molecule has 0 aromatic rings. The molecule has 6 atom stereocenters. The second-order valence-corrected chi connectivity index (χ2v) is 10.1. The number of ketones is 1. The van der Waals surface area contributed by atoms with Crippen LogP contribution in [0.15, 0.2) is 11.6 Å². The molecule has 0 radical (unpaired) electrons. The number of hydrogen-bond acceptors (Lipinski definition) is 4. The van der Waals surface area contributed by atoms with E-state index < -0.39 is 16.5 Å². The number of hydrogen-bond donors (Lipinski definition) is 1. The molecule has 6 nitrogen and oxygen atoms in total. The van der Waals surface area contributed by atoms with Gasteiger partial charge in [-0.3, -0.25) is 9.35 Å². The van der Waals surface area contributed by atoms with E-state index in [2.05, 4.69) is 19.9 Å². The van der Waals surface area contributed by atoms with E-state index in [0.717, 1.165) is 38.5 Å². The second kappa shape index (κ2) is 7.82. The molecular formula is C19H30NaO6S+. The Kier molecular flexibility index (Phi) is 6.81. The maximum absolute atomic E-state index is 12.4. The Balaban J connectivity index is 0.00000131. The van der Waals surface area contributed by atoms with Crippen molar-refractivity contribution in [3.05, 3.63) is 11.6 Å². The molecule has 0 spiro atoms. The van der Waals surface area contributed by atoms with Crippen LogP contribution in [0.25, 0.3) is 0 Å². The first-order valence-electron chi connectivity index (χ1n) is 9.52. The summed E-state index contributed by atoms with van der Waals surface area (Å²) in [5.41, 5.74) is 1.25. The number of Topliss-reactive ketones (excluding diaryl/α,β-unsaturated/α-hetero) is 1. The Morgan fingerprint density at radius 2 is 1.74 bits per heavy atom. The van der Waals surface area contributed by atoms with Gasteiger partial charge in [0.25, 0.3) is 0 Å². The minimum atomic E-state index is -4.40. The van der Waals surface area contributed by atoms with E-state index in [1.165, 1.54) is 5.57 Å². The molecular weight excluding hydrogens is 379 g/mol. The van der Waals surface area contributed by atoms with Gasteiger partial charge < -0.3 is 5.48 Å². The Morgan fingerprint density at radius 3 is 2.41 bits per heavy atom. The van der Waals surface area contributed by atoms with Gasteiger partial charge in [-0.25, -0.2) is 4.18 Å². The maximum atomic E-state index is 12.4. The number of carbonyl (C=O) groups is 1. The van der Waals surface area contributed by atoms with E-state index >= 15 is 0 Å². The zero-order chi connectivity index (χ0) is 18.0. The molecule has 0 aromatic carbocycles. The number of fused-ring (bicyclic) bond motifs is 5. The monoisotopic (exact) mass is 409 g/mol. The summed E-state index contributed by atoms with van der Waals surface area (Å²) in [5.74, 6) is 2.10. The summed E-state index contributed by atoms with van der Waals surface area (Å²) in [6, 6.07) is 0. The summed E-state index contributed by atoms with van der Waals surface area (Å²) >= 11 is 0.